The number of hydrogen-bond acceptors (Lipinski definition) is 4. The second-order valence-corrected chi connectivity index (χ2v) is 16.4. The molecule has 0 unspecified atom stereocenters. The molecule has 0 amide bonds. The predicted octanol–water partition coefficient (Wildman–Crippen LogP) is 15.6. The van der Waals surface area contributed by atoms with Crippen molar-refractivity contribution >= 4 is 112 Å². The lowest BCUT2D eigenvalue weighted by Crippen LogP contribution is -2.10. The number of fused-ring (bicyclic) bond motifs is 10. The summed E-state index contributed by atoms with van der Waals surface area (Å²) < 4.78 is 8.02. The van der Waals surface area contributed by atoms with E-state index in [2.05, 4.69) is 181 Å². The molecule has 1 nitrogen and oxygen atoms in total. The van der Waals surface area contributed by atoms with Crippen LogP contribution in [0.1, 0.15) is 0 Å². The first-order valence-corrected chi connectivity index (χ1v) is 20.0. The Morgan fingerprint density at radius 3 is 1.65 bits per heavy atom. The molecule has 0 saturated carbocycles. The topological polar surface area (TPSA) is 3.24 Å². The van der Waals surface area contributed by atoms with Gasteiger partial charge in [0.15, 0.2) is 0 Å². The van der Waals surface area contributed by atoms with Crippen molar-refractivity contribution in [3.8, 4) is 22.3 Å². The summed E-state index contributed by atoms with van der Waals surface area (Å²) in [7, 11) is 0. The zero-order valence-electron chi connectivity index (χ0n) is 27.9. The molecular weight excluding hydrogens is 687 g/mol. The van der Waals surface area contributed by atoms with Crippen LogP contribution in [-0.2, 0) is 0 Å². The van der Waals surface area contributed by atoms with E-state index in [4.69, 9.17) is 0 Å². The third-order valence-corrected chi connectivity index (χ3v) is 13.9. The van der Waals surface area contributed by atoms with Gasteiger partial charge in [0.1, 0.15) is 0 Å². The fourth-order valence-corrected chi connectivity index (χ4v) is 11.6. The van der Waals surface area contributed by atoms with Gasteiger partial charge in [0.05, 0.1) is 10.4 Å². The van der Waals surface area contributed by atoms with Crippen LogP contribution in [-0.4, -0.2) is 0 Å². The summed E-state index contributed by atoms with van der Waals surface area (Å²) in [5.74, 6) is 0. The van der Waals surface area contributed by atoms with E-state index in [1.54, 1.807) is 0 Å². The van der Waals surface area contributed by atoms with Crippen molar-refractivity contribution in [1.82, 2.24) is 0 Å². The Kier molecular flexibility index (Phi) is 6.84. The molecular formula is C48H29NS3. The Morgan fingerprint density at radius 2 is 0.885 bits per heavy atom. The molecule has 8 aromatic carbocycles. The van der Waals surface area contributed by atoms with E-state index in [1.165, 1.54) is 88.5 Å². The van der Waals surface area contributed by atoms with E-state index in [0.717, 1.165) is 11.4 Å². The monoisotopic (exact) mass is 715 g/mol. The fourth-order valence-electron chi connectivity index (χ4n) is 7.85. The van der Waals surface area contributed by atoms with Gasteiger partial charge in [-0.15, -0.1) is 34.0 Å². The van der Waals surface area contributed by atoms with Crippen LogP contribution in [0.3, 0.4) is 0 Å². The van der Waals surface area contributed by atoms with Gasteiger partial charge in [0.2, 0.25) is 0 Å². The van der Waals surface area contributed by atoms with Crippen molar-refractivity contribution in [1.29, 1.82) is 0 Å². The zero-order chi connectivity index (χ0) is 34.2. The maximum atomic E-state index is 2.44. The number of benzene rings is 8. The van der Waals surface area contributed by atoms with Gasteiger partial charge < -0.3 is 4.90 Å². The molecule has 0 atom stereocenters. The molecule has 0 aliphatic rings. The predicted molar refractivity (Wildman–Crippen MR) is 231 cm³/mol. The molecule has 0 saturated heterocycles. The Labute approximate surface area is 312 Å². The molecule has 0 bridgehead atoms. The maximum absolute atomic E-state index is 2.44. The molecule has 0 aliphatic heterocycles. The van der Waals surface area contributed by atoms with Gasteiger partial charge in [-0.2, -0.15) is 0 Å². The van der Waals surface area contributed by atoms with Crippen molar-refractivity contribution in [3.05, 3.63) is 176 Å². The second kappa shape index (κ2) is 11.9. The molecule has 0 aliphatic carbocycles. The molecule has 0 radical (unpaired) electrons. The summed E-state index contributed by atoms with van der Waals surface area (Å²) in [5, 5.41) is 8.00. The highest BCUT2D eigenvalue weighted by Gasteiger charge is 2.20. The Morgan fingerprint density at radius 1 is 0.308 bits per heavy atom. The van der Waals surface area contributed by atoms with Crippen LogP contribution in [0.25, 0.3) is 82.8 Å². The maximum Gasteiger partial charge on any atom is 0.0640 e. The van der Waals surface area contributed by atoms with Gasteiger partial charge in [-0.3, -0.25) is 0 Å². The average Bonchev–Trinajstić information content (AvgIpc) is 3.90. The summed E-state index contributed by atoms with van der Waals surface area (Å²) in [6.45, 7) is 0. The van der Waals surface area contributed by atoms with E-state index >= 15 is 0 Å². The standard InChI is InChI=1S/C48H29NS3/c1-2-10-30(11-3-1)31-20-24-33(25-21-31)49(34-26-22-32(23-27-34)35-14-8-15-37-36-12-4-6-18-42(36)51-46(35)37)41-17-9-16-38-39-28-29-44-45(48(39)52-47(38)41)40-13-5-7-19-43(40)50-44/h1-29H. The van der Waals surface area contributed by atoms with E-state index in [9.17, 15) is 0 Å². The first kappa shape index (κ1) is 29.9. The minimum absolute atomic E-state index is 1.13. The average molecular weight is 716 g/mol. The number of rotatable bonds is 5. The molecule has 3 aromatic heterocycles. The largest absolute Gasteiger partial charge is 0.309 e. The quantitative estimate of drug-likeness (QED) is 0.171. The summed E-state index contributed by atoms with van der Waals surface area (Å²) in [4.78, 5) is 2.44. The Bertz CT molecular complexity index is 3110. The molecule has 4 heteroatoms. The second-order valence-electron chi connectivity index (χ2n) is 13.2. The highest BCUT2D eigenvalue weighted by Crippen LogP contribution is 2.49. The van der Waals surface area contributed by atoms with Crippen molar-refractivity contribution in [2.75, 3.05) is 4.90 Å². The number of nitrogens with zero attached hydrogens (tertiary/aromatic N) is 1. The van der Waals surface area contributed by atoms with E-state index in [1.807, 2.05) is 34.0 Å². The number of thiophene rings is 3. The highest BCUT2D eigenvalue weighted by molar-refractivity contribution is 7.30. The van der Waals surface area contributed by atoms with Gasteiger partial charge in [-0.25, -0.2) is 0 Å². The fraction of sp³-hybridized carbons (Fsp3) is 0. The number of anilines is 3. The van der Waals surface area contributed by atoms with Crippen molar-refractivity contribution in [2.45, 2.75) is 0 Å². The lowest BCUT2D eigenvalue weighted by Gasteiger charge is -2.26. The molecule has 52 heavy (non-hydrogen) atoms. The first-order valence-electron chi connectivity index (χ1n) is 17.5. The first-order chi connectivity index (χ1) is 25.8. The molecule has 0 spiro atoms. The zero-order valence-corrected chi connectivity index (χ0v) is 30.4. The van der Waals surface area contributed by atoms with Crippen LogP contribution in [0.2, 0.25) is 0 Å². The van der Waals surface area contributed by atoms with Gasteiger partial charge in [0, 0.05) is 67.2 Å². The van der Waals surface area contributed by atoms with Crippen molar-refractivity contribution in [3.63, 3.8) is 0 Å². The summed E-state index contributed by atoms with van der Waals surface area (Å²) >= 11 is 5.70. The molecule has 0 fully saturated rings. The SMILES string of the molecule is c1ccc(-c2ccc(N(c3ccc(-c4cccc5c4sc4ccccc45)cc3)c3cccc4c3sc3c4ccc4sc5ccccc5c43)cc2)cc1. The van der Waals surface area contributed by atoms with Crippen LogP contribution in [0.4, 0.5) is 17.1 Å². The smallest absolute Gasteiger partial charge is 0.0640 e. The van der Waals surface area contributed by atoms with E-state index < -0.39 is 0 Å². The lowest BCUT2D eigenvalue weighted by molar-refractivity contribution is 1.30. The highest BCUT2D eigenvalue weighted by atomic mass is 32.1. The summed E-state index contributed by atoms with van der Waals surface area (Å²) in [6.07, 6.45) is 0. The third-order valence-electron chi connectivity index (χ3n) is 10.3. The third kappa shape index (κ3) is 4.65. The molecule has 3 heterocycles. The van der Waals surface area contributed by atoms with Gasteiger partial charge in [-0.05, 0) is 70.8 Å². The van der Waals surface area contributed by atoms with Crippen LogP contribution in [0.15, 0.2) is 176 Å². The van der Waals surface area contributed by atoms with Crippen molar-refractivity contribution in [2.24, 2.45) is 0 Å². The van der Waals surface area contributed by atoms with Crippen LogP contribution >= 0.6 is 34.0 Å². The normalized spacial score (nSPS) is 11.8. The van der Waals surface area contributed by atoms with Gasteiger partial charge in [0.25, 0.3) is 0 Å². The minimum Gasteiger partial charge on any atom is -0.309 e. The van der Waals surface area contributed by atoms with E-state index in [0.29, 0.717) is 0 Å². The van der Waals surface area contributed by atoms with E-state index in [-0.39, 0.29) is 0 Å². The molecule has 11 rings (SSSR count). The van der Waals surface area contributed by atoms with Gasteiger partial charge in [-0.1, -0.05) is 127 Å². The molecule has 11 aromatic rings. The Balaban J connectivity index is 1.10. The number of hydrogen-bond donors (Lipinski definition) is 0. The Hall–Kier alpha value is -5.78. The summed E-state index contributed by atoms with van der Waals surface area (Å²) in [5.41, 5.74) is 8.40. The van der Waals surface area contributed by atoms with Crippen LogP contribution in [0.5, 0.6) is 0 Å². The van der Waals surface area contributed by atoms with Crippen molar-refractivity contribution < 1.29 is 0 Å². The van der Waals surface area contributed by atoms with Crippen LogP contribution < -0.4 is 4.90 Å². The molecule has 244 valence electrons. The summed E-state index contributed by atoms with van der Waals surface area (Å²) in [6, 6.07) is 64.6. The minimum atomic E-state index is 1.13. The molecule has 0 N–H and O–H groups in total. The lowest BCUT2D eigenvalue weighted by atomic mass is 10.0. The van der Waals surface area contributed by atoms with Gasteiger partial charge >= 0.3 is 0 Å². The van der Waals surface area contributed by atoms with Crippen LogP contribution in [0, 0.1) is 0 Å².